The highest BCUT2D eigenvalue weighted by Gasteiger charge is 2.24. The van der Waals surface area contributed by atoms with E-state index in [4.69, 9.17) is 13.9 Å². The van der Waals surface area contributed by atoms with Gasteiger partial charge in [-0.2, -0.15) is 0 Å². The first kappa shape index (κ1) is 17.6. The van der Waals surface area contributed by atoms with Gasteiger partial charge >= 0.3 is 0 Å². The summed E-state index contributed by atoms with van der Waals surface area (Å²) in [4.78, 5) is 20.2. The maximum absolute atomic E-state index is 12.7. The lowest BCUT2D eigenvalue weighted by Gasteiger charge is -2.26. The number of fused-ring (bicyclic) bond motifs is 1. The van der Waals surface area contributed by atoms with Gasteiger partial charge in [-0.3, -0.25) is 4.79 Å². The molecule has 6 nitrogen and oxygen atoms in total. The highest BCUT2D eigenvalue weighted by Crippen LogP contribution is 2.29. The lowest BCUT2D eigenvalue weighted by Crippen LogP contribution is -2.35. The molecule has 0 unspecified atom stereocenters. The zero-order valence-electron chi connectivity index (χ0n) is 15.2. The van der Waals surface area contributed by atoms with Gasteiger partial charge in [0.05, 0.1) is 7.11 Å². The van der Waals surface area contributed by atoms with Crippen LogP contribution in [-0.2, 0) is 19.6 Å². The molecule has 0 fully saturated rings. The molecule has 3 aromatic rings. The molecule has 0 aliphatic carbocycles. The van der Waals surface area contributed by atoms with E-state index in [0.29, 0.717) is 36.2 Å². The van der Waals surface area contributed by atoms with Crippen molar-refractivity contribution in [3.8, 4) is 11.5 Å². The van der Waals surface area contributed by atoms with Crippen LogP contribution in [0.4, 0.5) is 0 Å². The number of benzene rings is 1. The second kappa shape index (κ2) is 7.44. The number of rotatable bonds is 5. The van der Waals surface area contributed by atoms with E-state index in [-0.39, 0.29) is 12.5 Å². The molecule has 140 valence electrons. The summed E-state index contributed by atoms with van der Waals surface area (Å²) in [6.07, 6.45) is 2.29. The van der Waals surface area contributed by atoms with Crippen LogP contribution in [0.25, 0.3) is 0 Å². The number of ether oxygens (including phenoxy) is 2. The van der Waals surface area contributed by atoms with Crippen molar-refractivity contribution < 1.29 is 18.7 Å². The number of nitrogens with zero attached hydrogens (tertiary/aromatic N) is 2. The third kappa shape index (κ3) is 3.68. The number of carbonyl (C=O) groups is 1. The molecule has 1 aliphatic heterocycles. The van der Waals surface area contributed by atoms with E-state index in [1.807, 2.05) is 25.1 Å². The molecule has 27 heavy (non-hydrogen) atoms. The molecule has 0 saturated heterocycles. The van der Waals surface area contributed by atoms with Crippen molar-refractivity contribution in [3.63, 3.8) is 0 Å². The Morgan fingerprint density at radius 3 is 3.07 bits per heavy atom. The molecular formula is C20H20N2O4S. The molecule has 7 heteroatoms. The Morgan fingerprint density at radius 1 is 1.33 bits per heavy atom. The summed E-state index contributed by atoms with van der Waals surface area (Å²) >= 11 is 1.75. The molecular weight excluding hydrogens is 364 g/mol. The summed E-state index contributed by atoms with van der Waals surface area (Å²) in [5.74, 6) is 1.50. The van der Waals surface area contributed by atoms with Gasteiger partial charge < -0.3 is 18.8 Å². The van der Waals surface area contributed by atoms with Gasteiger partial charge in [-0.1, -0.05) is 6.07 Å². The quantitative estimate of drug-likeness (QED) is 0.669. The summed E-state index contributed by atoms with van der Waals surface area (Å²) in [5.41, 5.74) is 2.61. The summed E-state index contributed by atoms with van der Waals surface area (Å²) in [6.45, 7) is 3.43. The molecule has 0 atom stereocenters. The van der Waals surface area contributed by atoms with Crippen molar-refractivity contribution in [2.75, 3.05) is 13.7 Å². The topological polar surface area (TPSA) is 64.8 Å². The molecule has 0 N–H and O–H groups in total. The number of hydrogen-bond acceptors (Lipinski definition) is 6. The number of methoxy groups -OCH3 is 1. The zero-order valence-corrected chi connectivity index (χ0v) is 16.0. The van der Waals surface area contributed by atoms with Crippen molar-refractivity contribution in [2.45, 2.75) is 26.5 Å². The largest absolute Gasteiger partial charge is 0.493 e. The Hall–Kier alpha value is -2.80. The summed E-state index contributed by atoms with van der Waals surface area (Å²) in [5, 5.41) is 2.07. The van der Waals surface area contributed by atoms with Crippen LogP contribution >= 0.6 is 11.3 Å². The van der Waals surface area contributed by atoms with Gasteiger partial charge in [0.1, 0.15) is 6.26 Å². The van der Waals surface area contributed by atoms with Gasteiger partial charge in [0, 0.05) is 18.0 Å². The van der Waals surface area contributed by atoms with E-state index in [1.54, 1.807) is 23.3 Å². The Morgan fingerprint density at radius 2 is 2.22 bits per heavy atom. The van der Waals surface area contributed by atoms with Crippen LogP contribution in [0, 0.1) is 6.92 Å². The van der Waals surface area contributed by atoms with Crippen molar-refractivity contribution in [2.24, 2.45) is 0 Å². The fourth-order valence-electron chi connectivity index (χ4n) is 3.09. The predicted octanol–water partition coefficient (Wildman–Crippen LogP) is 3.83. The molecule has 0 bridgehead atoms. The van der Waals surface area contributed by atoms with Crippen LogP contribution in [0.2, 0.25) is 0 Å². The smallest absolute Gasteiger partial charge is 0.276 e. The number of amides is 1. The maximum atomic E-state index is 12.7. The van der Waals surface area contributed by atoms with E-state index in [2.05, 4.69) is 16.4 Å². The van der Waals surface area contributed by atoms with Crippen molar-refractivity contribution >= 4 is 17.2 Å². The van der Waals surface area contributed by atoms with Crippen LogP contribution in [0.15, 0.2) is 40.3 Å². The van der Waals surface area contributed by atoms with Gasteiger partial charge in [0.25, 0.3) is 5.91 Å². The van der Waals surface area contributed by atoms with Crippen LogP contribution in [0.3, 0.4) is 0 Å². The average Bonchev–Trinajstić information content (AvgIpc) is 3.35. The molecule has 3 heterocycles. The Kier molecular flexibility index (Phi) is 4.85. The number of hydrogen-bond donors (Lipinski definition) is 0. The number of aromatic nitrogens is 1. The molecule has 2 aromatic heterocycles. The predicted molar refractivity (Wildman–Crippen MR) is 101 cm³/mol. The molecule has 4 rings (SSSR count). The highest BCUT2D eigenvalue weighted by atomic mass is 32.1. The fourth-order valence-corrected chi connectivity index (χ4v) is 3.98. The standard InChI is InChI=1S/C20H20N2O4S/c1-13-3-4-16(17(9-13)24-2)25-12-19-21-15(11-26-19)20(23)22-7-5-18-14(10-22)6-8-27-18/h3-4,6,8-9,11H,5,7,10,12H2,1-2H3. The van der Waals surface area contributed by atoms with Crippen LogP contribution in [0.1, 0.15) is 32.4 Å². The summed E-state index contributed by atoms with van der Waals surface area (Å²) < 4.78 is 16.5. The third-order valence-electron chi connectivity index (χ3n) is 4.54. The first-order valence-electron chi connectivity index (χ1n) is 8.70. The van der Waals surface area contributed by atoms with E-state index < -0.39 is 0 Å². The highest BCUT2D eigenvalue weighted by molar-refractivity contribution is 7.10. The first-order chi connectivity index (χ1) is 13.1. The number of carbonyl (C=O) groups excluding carboxylic acids is 1. The SMILES string of the molecule is COc1cc(C)ccc1OCc1nc(C(=O)N2CCc3sccc3C2)co1. The Labute approximate surface area is 161 Å². The van der Waals surface area contributed by atoms with Gasteiger partial charge in [-0.25, -0.2) is 4.98 Å². The zero-order chi connectivity index (χ0) is 18.8. The number of oxazole rings is 1. The monoisotopic (exact) mass is 384 g/mol. The molecule has 1 amide bonds. The normalized spacial score (nSPS) is 13.3. The van der Waals surface area contributed by atoms with Crippen molar-refractivity contribution in [1.82, 2.24) is 9.88 Å². The van der Waals surface area contributed by atoms with Crippen molar-refractivity contribution in [1.29, 1.82) is 0 Å². The van der Waals surface area contributed by atoms with E-state index in [0.717, 1.165) is 12.0 Å². The van der Waals surface area contributed by atoms with Gasteiger partial charge in [0.2, 0.25) is 5.89 Å². The number of aryl methyl sites for hydroxylation is 1. The van der Waals surface area contributed by atoms with E-state index >= 15 is 0 Å². The van der Waals surface area contributed by atoms with Gasteiger partial charge in [0.15, 0.2) is 23.8 Å². The molecule has 0 saturated carbocycles. The van der Waals surface area contributed by atoms with Crippen LogP contribution in [0.5, 0.6) is 11.5 Å². The molecule has 1 aliphatic rings. The van der Waals surface area contributed by atoms with Gasteiger partial charge in [-0.05, 0) is 48.1 Å². The van der Waals surface area contributed by atoms with E-state index in [1.165, 1.54) is 16.7 Å². The Balaban J connectivity index is 1.41. The van der Waals surface area contributed by atoms with Crippen LogP contribution in [-0.4, -0.2) is 29.4 Å². The minimum absolute atomic E-state index is 0.116. The lowest BCUT2D eigenvalue weighted by molar-refractivity contribution is 0.0729. The first-order valence-corrected chi connectivity index (χ1v) is 9.58. The molecule has 1 aromatic carbocycles. The van der Waals surface area contributed by atoms with Crippen LogP contribution < -0.4 is 9.47 Å². The maximum Gasteiger partial charge on any atom is 0.276 e. The second-order valence-corrected chi connectivity index (χ2v) is 7.42. The summed E-state index contributed by atoms with van der Waals surface area (Å²) in [7, 11) is 1.60. The third-order valence-corrected chi connectivity index (χ3v) is 5.56. The van der Waals surface area contributed by atoms with Gasteiger partial charge in [-0.15, -0.1) is 11.3 Å². The minimum Gasteiger partial charge on any atom is -0.493 e. The minimum atomic E-state index is -0.116. The summed E-state index contributed by atoms with van der Waals surface area (Å²) in [6, 6.07) is 7.76. The van der Waals surface area contributed by atoms with Crippen molar-refractivity contribution in [3.05, 3.63) is 63.5 Å². The lowest BCUT2D eigenvalue weighted by atomic mass is 10.1. The fraction of sp³-hybridized carbons (Fsp3) is 0.300. The van der Waals surface area contributed by atoms with E-state index in [9.17, 15) is 4.79 Å². The average molecular weight is 384 g/mol. The molecule has 0 radical (unpaired) electrons. The second-order valence-electron chi connectivity index (χ2n) is 6.42. The number of thiophene rings is 1. The Bertz CT molecular complexity index is 963. The molecule has 0 spiro atoms.